The molecule has 82 valence electrons. The first kappa shape index (κ1) is 11.3. The molecule has 0 spiro atoms. The summed E-state index contributed by atoms with van der Waals surface area (Å²) in [4.78, 5) is 11.8. The van der Waals surface area contributed by atoms with Crippen LogP contribution in [0.5, 0.6) is 0 Å². The fraction of sp³-hybridized carbons (Fsp3) is 0.545. The number of aromatic nitrogens is 1. The van der Waals surface area contributed by atoms with Gasteiger partial charge in [0.1, 0.15) is 0 Å². The molecule has 0 aliphatic heterocycles. The lowest BCUT2D eigenvalue weighted by atomic mass is 9.70. The summed E-state index contributed by atoms with van der Waals surface area (Å²) in [6.07, 6.45) is 5.50. The van der Waals surface area contributed by atoms with E-state index in [2.05, 4.69) is 28.6 Å². The number of pyridine rings is 1. The fourth-order valence-corrected chi connectivity index (χ4v) is 2.83. The van der Waals surface area contributed by atoms with Crippen LogP contribution in [0.1, 0.15) is 19.3 Å². The van der Waals surface area contributed by atoms with E-state index < -0.39 is 0 Å². The third-order valence-corrected chi connectivity index (χ3v) is 4.50. The maximum Gasteiger partial charge on any atom is 0.264 e. The first-order valence-electron chi connectivity index (χ1n) is 5.13. The smallest absolute Gasteiger partial charge is 0.264 e. The SMILES string of the molecule is O=c1c(Br)cccn1CC1(CS)CCC1. The summed E-state index contributed by atoms with van der Waals surface area (Å²) in [5, 5.41) is 0. The summed E-state index contributed by atoms with van der Waals surface area (Å²) in [5.41, 5.74) is 0.318. The molecule has 1 aliphatic carbocycles. The van der Waals surface area contributed by atoms with Crippen LogP contribution in [0.3, 0.4) is 0 Å². The first-order valence-corrected chi connectivity index (χ1v) is 6.55. The molecule has 0 aromatic carbocycles. The molecule has 0 bridgehead atoms. The van der Waals surface area contributed by atoms with Crippen LogP contribution < -0.4 is 5.56 Å². The highest BCUT2D eigenvalue weighted by atomic mass is 79.9. The highest BCUT2D eigenvalue weighted by molar-refractivity contribution is 9.10. The zero-order chi connectivity index (χ0) is 10.9. The Morgan fingerprint density at radius 2 is 2.27 bits per heavy atom. The van der Waals surface area contributed by atoms with Gasteiger partial charge in [-0.05, 0) is 52.1 Å². The minimum Gasteiger partial charge on any atom is -0.314 e. The lowest BCUT2D eigenvalue weighted by molar-refractivity contribution is 0.137. The van der Waals surface area contributed by atoms with Gasteiger partial charge in [0, 0.05) is 12.7 Å². The molecule has 1 aliphatic rings. The zero-order valence-corrected chi connectivity index (χ0v) is 10.9. The van der Waals surface area contributed by atoms with Crippen molar-refractivity contribution in [3.63, 3.8) is 0 Å². The molecule has 0 saturated heterocycles. The molecule has 1 aromatic rings. The van der Waals surface area contributed by atoms with E-state index in [9.17, 15) is 4.79 Å². The van der Waals surface area contributed by atoms with E-state index in [1.165, 1.54) is 19.3 Å². The average Bonchev–Trinajstić information content (AvgIpc) is 2.18. The second-order valence-electron chi connectivity index (χ2n) is 4.30. The molecule has 1 heterocycles. The second kappa shape index (κ2) is 4.34. The standard InChI is InChI=1S/C11H14BrNOS/c12-9-3-1-6-13(10(9)14)7-11(8-15)4-2-5-11/h1,3,6,15H,2,4-5,7-8H2. The summed E-state index contributed by atoms with van der Waals surface area (Å²) in [6.45, 7) is 0.800. The van der Waals surface area contributed by atoms with E-state index in [4.69, 9.17) is 0 Å². The van der Waals surface area contributed by atoms with E-state index in [1.807, 2.05) is 12.3 Å². The van der Waals surface area contributed by atoms with Crippen molar-refractivity contribution >= 4 is 28.6 Å². The van der Waals surface area contributed by atoms with Crippen molar-refractivity contribution < 1.29 is 0 Å². The van der Waals surface area contributed by atoms with Gasteiger partial charge >= 0.3 is 0 Å². The molecule has 1 saturated carbocycles. The van der Waals surface area contributed by atoms with Gasteiger partial charge in [-0.3, -0.25) is 4.79 Å². The van der Waals surface area contributed by atoms with E-state index in [0.717, 1.165) is 12.3 Å². The van der Waals surface area contributed by atoms with Crippen LogP contribution in [0.15, 0.2) is 27.6 Å². The first-order chi connectivity index (χ1) is 7.17. The molecule has 0 atom stereocenters. The molecule has 0 amide bonds. The zero-order valence-electron chi connectivity index (χ0n) is 8.45. The van der Waals surface area contributed by atoms with Crippen molar-refractivity contribution in [2.75, 3.05) is 5.75 Å². The van der Waals surface area contributed by atoms with Gasteiger partial charge < -0.3 is 4.57 Å². The van der Waals surface area contributed by atoms with Crippen LogP contribution in [0.2, 0.25) is 0 Å². The Bertz CT molecular complexity index is 406. The summed E-state index contributed by atoms with van der Waals surface area (Å²) >= 11 is 7.66. The minimum atomic E-state index is 0.0607. The monoisotopic (exact) mass is 287 g/mol. The fourth-order valence-electron chi connectivity index (χ4n) is 2.04. The average molecular weight is 288 g/mol. The Morgan fingerprint density at radius 1 is 1.53 bits per heavy atom. The van der Waals surface area contributed by atoms with Crippen LogP contribution >= 0.6 is 28.6 Å². The third-order valence-electron chi connectivity index (χ3n) is 3.23. The summed E-state index contributed by atoms with van der Waals surface area (Å²) < 4.78 is 2.43. The van der Waals surface area contributed by atoms with Crippen molar-refractivity contribution in [3.8, 4) is 0 Å². The summed E-state index contributed by atoms with van der Waals surface area (Å²) in [5.74, 6) is 0.867. The van der Waals surface area contributed by atoms with Crippen LogP contribution in [0.4, 0.5) is 0 Å². The Balaban J connectivity index is 2.24. The molecular formula is C11H14BrNOS. The van der Waals surface area contributed by atoms with Gasteiger partial charge in [-0.15, -0.1) is 0 Å². The van der Waals surface area contributed by atoms with E-state index >= 15 is 0 Å². The molecule has 0 unspecified atom stereocenters. The van der Waals surface area contributed by atoms with Gasteiger partial charge in [0.25, 0.3) is 5.56 Å². The van der Waals surface area contributed by atoms with Gasteiger partial charge in [0.05, 0.1) is 4.47 Å². The quantitative estimate of drug-likeness (QED) is 0.849. The predicted molar refractivity (Wildman–Crippen MR) is 68.5 cm³/mol. The Labute approximate surface area is 103 Å². The number of nitrogens with zero attached hydrogens (tertiary/aromatic N) is 1. The number of halogens is 1. The molecule has 2 nitrogen and oxygen atoms in total. The molecule has 1 fully saturated rings. The van der Waals surface area contributed by atoms with Crippen molar-refractivity contribution in [3.05, 3.63) is 33.2 Å². The maximum atomic E-state index is 11.8. The van der Waals surface area contributed by atoms with Crippen molar-refractivity contribution in [1.82, 2.24) is 4.57 Å². The Kier molecular flexibility index (Phi) is 3.26. The predicted octanol–water partition coefficient (Wildman–Crippen LogP) is 2.71. The topological polar surface area (TPSA) is 22.0 Å². The highest BCUT2D eigenvalue weighted by Gasteiger charge is 2.36. The van der Waals surface area contributed by atoms with Gasteiger partial charge in [0.2, 0.25) is 0 Å². The highest BCUT2D eigenvalue weighted by Crippen LogP contribution is 2.42. The Morgan fingerprint density at radius 3 is 2.80 bits per heavy atom. The minimum absolute atomic E-state index is 0.0607. The van der Waals surface area contributed by atoms with Crippen molar-refractivity contribution in [2.24, 2.45) is 5.41 Å². The maximum absolute atomic E-state index is 11.8. The van der Waals surface area contributed by atoms with Gasteiger partial charge in [-0.1, -0.05) is 6.42 Å². The number of thiol groups is 1. The number of rotatable bonds is 3. The molecular weight excluding hydrogens is 274 g/mol. The lowest BCUT2D eigenvalue weighted by Gasteiger charge is -2.41. The second-order valence-corrected chi connectivity index (χ2v) is 5.47. The van der Waals surface area contributed by atoms with Crippen LogP contribution in [-0.4, -0.2) is 10.3 Å². The largest absolute Gasteiger partial charge is 0.314 e. The normalized spacial score (nSPS) is 18.5. The molecule has 0 N–H and O–H groups in total. The van der Waals surface area contributed by atoms with E-state index in [-0.39, 0.29) is 11.0 Å². The lowest BCUT2D eigenvalue weighted by Crippen LogP contribution is -2.39. The van der Waals surface area contributed by atoms with Gasteiger partial charge in [-0.25, -0.2) is 0 Å². The van der Waals surface area contributed by atoms with E-state index in [1.54, 1.807) is 10.6 Å². The van der Waals surface area contributed by atoms with E-state index in [0.29, 0.717) is 4.47 Å². The van der Waals surface area contributed by atoms with Crippen LogP contribution in [0.25, 0.3) is 0 Å². The van der Waals surface area contributed by atoms with Crippen LogP contribution in [0, 0.1) is 5.41 Å². The van der Waals surface area contributed by atoms with Gasteiger partial charge in [-0.2, -0.15) is 12.6 Å². The summed E-state index contributed by atoms with van der Waals surface area (Å²) in [7, 11) is 0. The van der Waals surface area contributed by atoms with Gasteiger partial charge in [0.15, 0.2) is 0 Å². The molecule has 15 heavy (non-hydrogen) atoms. The number of hydrogen-bond donors (Lipinski definition) is 1. The van der Waals surface area contributed by atoms with Crippen molar-refractivity contribution in [1.29, 1.82) is 0 Å². The third kappa shape index (κ3) is 2.16. The molecule has 4 heteroatoms. The number of hydrogen-bond acceptors (Lipinski definition) is 2. The van der Waals surface area contributed by atoms with Crippen LogP contribution in [-0.2, 0) is 6.54 Å². The van der Waals surface area contributed by atoms with Crippen molar-refractivity contribution in [2.45, 2.75) is 25.8 Å². The summed E-state index contributed by atoms with van der Waals surface area (Å²) in [6, 6.07) is 3.68. The Hall–Kier alpha value is -0.220. The molecule has 1 aromatic heterocycles. The molecule has 0 radical (unpaired) electrons. The molecule has 2 rings (SSSR count).